The first-order valence-electron chi connectivity index (χ1n) is 5.12. The van der Waals surface area contributed by atoms with Crippen molar-refractivity contribution in [2.45, 2.75) is 51.2 Å². The smallest absolute Gasteiger partial charge is 0.0601 e. The number of ether oxygens (including phenoxy) is 1. The van der Waals surface area contributed by atoms with E-state index in [1.54, 1.807) is 0 Å². The van der Waals surface area contributed by atoms with Crippen LogP contribution in [0, 0.1) is 0 Å². The van der Waals surface area contributed by atoms with E-state index in [2.05, 4.69) is 6.58 Å². The van der Waals surface area contributed by atoms with E-state index in [-0.39, 0.29) is 12.2 Å². The molecule has 2 atom stereocenters. The molecule has 13 heavy (non-hydrogen) atoms. The molecule has 0 spiro atoms. The van der Waals surface area contributed by atoms with E-state index in [9.17, 15) is 5.11 Å². The van der Waals surface area contributed by atoms with Gasteiger partial charge in [0.1, 0.15) is 0 Å². The second-order valence-corrected chi connectivity index (χ2v) is 4.04. The van der Waals surface area contributed by atoms with Gasteiger partial charge < -0.3 is 9.84 Å². The number of aliphatic hydroxyl groups is 1. The maximum atomic E-state index is 9.63. The SMILES string of the molecule is C=C(C)CC(O)CC1CCCCO1. The predicted octanol–water partition coefficient (Wildman–Crippen LogP) is 2.27. The van der Waals surface area contributed by atoms with E-state index in [0.29, 0.717) is 6.42 Å². The lowest BCUT2D eigenvalue weighted by molar-refractivity contribution is -0.0147. The Morgan fingerprint density at radius 3 is 2.92 bits per heavy atom. The van der Waals surface area contributed by atoms with Crippen LogP contribution in [0.4, 0.5) is 0 Å². The standard InChI is InChI=1S/C11H20O2/c1-9(2)7-10(12)8-11-5-3-4-6-13-11/h10-12H,1,3-8H2,2H3. The normalized spacial score (nSPS) is 25.5. The van der Waals surface area contributed by atoms with Crippen molar-refractivity contribution >= 4 is 0 Å². The molecule has 0 saturated carbocycles. The van der Waals surface area contributed by atoms with Gasteiger partial charge in [0.15, 0.2) is 0 Å². The topological polar surface area (TPSA) is 29.5 Å². The molecule has 0 aliphatic carbocycles. The van der Waals surface area contributed by atoms with Crippen molar-refractivity contribution in [3.05, 3.63) is 12.2 Å². The molecule has 0 aromatic heterocycles. The molecule has 1 aliphatic heterocycles. The van der Waals surface area contributed by atoms with Crippen LogP contribution in [0.5, 0.6) is 0 Å². The summed E-state index contributed by atoms with van der Waals surface area (Å²) < 4.78 is 5.54. The van der Waals surface area contributed by atoms with Crippen LogP contribution in [0.15, 0.2) is 12.2 Å². The first kappa shape index (κ1) is 10.7. The first-order chi connectivity index (χ1) is 6.18. The van der Waals surface area contributed by atoms with Gasteiger partial charge in [-0.05, 0) is 39.0 Å². The van der Waals surface area contributed by atoms with Gasteiger partial charge in [-0.15, -0.1) is 6.58 Å². The van der Waals surface area contributed by atoms with Crippen molar-refractivity contribution in [2.24, 2.45) is 0 Å². The molecule has 0 aromatic rings. The van der Waals surface area contributed by atoms with E-state index in [4.69, 9.17) is 4.74 Å². The van der Waals surface area contributed by atoms with E-state index in [1.165, 1.54) is 12.8 Å². The van der Waals surface area contributed by atoms with Crippen LogP contribution in [0.2, 0.25) is 0 Å². The molecule has 76 valence electrons. The van der Waals surface area contributed by atoms with Crippen LogP contribution < -0.4 is 0 Å². The summed E-state index contributed by atoms with van der Waals surface area (Å²) in [6, 6.07) is 0. The quantitative estimate of drug-likeness (QED) is 0.679. The zero-order valence-corrected chi connectivity index (χ0v) is 8.46. The fourth-order valence-electron chi connectivity index (χ4n) is 1.78. The highest BCUT2D eigenvalue weighted by Gasteiger charge is 2.17. The Morgan fingerprint density at radius 2 is 2.38 bits per heavy atom. The Morgan fingerprint density at radius 1 is 1.62 bits per heavy atom. The molecule has 1 N–H and O–H groups in total. The summed E-state index contributed by atoms with van der Waals surface area (Å²) in [5.41, 5.74) is 1.04. The van der Waals surface area contributed by atoms with Crippen molar-refractivity contribution in [1.82, 2.24) is 0 Å². The molecule has 0 bridgehead atoms. The van der Waals surface area contributed by atoms with Crippen molar-refractivity contribution in [3.63, 3.8) is 0 Å². The number of aliphatic hydroxyl groups excluding tert-OH is 1. The summed E-state index contributed by atoms with van der Waals surface area (Å²) in [7, 11) is 0. The molecule has 2 nitrogen and oxygen atoms in total. The minimum absolute atomic E-state index is 0.263. The van der Waals surface area contributed by atoms with Gasteiger partial charge in [0.25, 0.3) is 0 Å². The molecular formula is C11H20O2. The van der Waals surface area contributed by atoms with Gasteiger partial charge >= 0.3 is 0 Å². The van der Waals surface area contributed by atoms with Crippen LogP contribution in [0.25, 0.3) is 0 Å². The van der Waals surface area contributed by atoms with Crippen LogP contribution in [-0.4, -0.2) is 23.9 Å². The average molecular weight is 184 g/mol. The van der Waals surface area contributed by atoms with Gasteiger partial charge in [-0.25, -0.2) is 0 Å². The maximum Gasteiger partial charge on any atom is 0.0601 e. The van der Waals surface area contributed by atoms with Crippen molar-refractivity contribution in [2.75, 3.05) is 6.61 Å². The number of hydrogen-bond donors (Lipinski definition) is 1. The van der Waals surface area contributed by atoms with E-state index in [1.807, 2.05) is 6.92 Å². The highest BCUT2D eigenvalue weighted by molar-refractivity contribution is 4.91. The highest BCUT2D eigenvalue weighted by Crippen LogP contribution is 2.19. The summed E-state index contributed by atoms with van der Waals surface area (Å²) in [6.45, 7) is 6.60. The molecule has 1 rings (SSSR count). The second-order valence-electron chi connectivity index (χ2n) is 4.04. The molecule has 2 heteroatoms. The third-order valence-corrected chi connectivity index (χ3v) is 2.39. The summed E-state index contributed by atoms with van der Waals surface area (Å²) in [5, 5.41) is 9.63. The van der Waals surface area contributed by atoms with Gasteiger partial charge in [0.2, 0.25) is 0 Å². The van der Waals surface area contributed by atoms with Crippen molar-refractivity contribution in [1.29, 1.82) is 0 Å². The van der Waals surface area contributed by atoms with E-state index < -0.39 is 0 Å². The van der Waals surface area contributed by atoms with Crippen molar-refractivity contribution in [3.8, 4) is 0 Å². The highest BCUT2D eigenvalue weighted by atomic mass is 16.5. The summed E-state index contributed by atoms with van der Waals surface area (Å²) in [4.78, 5) is 0. The predicted molar refractivity (Wildman–Crippen MR) is 53.6 cm³/mol. The van der Waals surface area contributed by atoms with Gasteiger partial charge in [-0.2, -0.15) is 0 Å². The van der Waals surface area contributed by atoms with E-state index in [0.717, 1.165) is 25.0 Å². The Bertz CT molecular complexity index is 159. The number of rotatable bonds is 4. The van der Waals surface area contributed by atoms with Crippen LogP contribution >= 0.6 is 0 Å². The molecule has 0 radical (unpaired) electrons. The Kier molecular flexibility index (Phi) is 4.46. The summed E-state index contributed by atoms with van der Waals surface area (Å²) in [5.74, 6) is 0. The first-order valence-corrected chi connectivity index (χ1v) is 5.12. The zero-order valence-electron chi connectivity index (χ0n) is 8.46. The average Bonchev–Trinajstić information content (AvgIpc) is 2.04. The lowest BCUT2D eigenvalue weighted by Gasteiger charge is -2.24. The third-order valence-electron chi connectivity index (χ3n) is 2.39. The molecule has 1 saturated heterocycles. The maximum absolute atomic E-state index is 9.63. The lowest BCUT2D eigenvalue weighted by Crippen LogP contribution is -2.24. The van der Waals surface area contributed by atoms with Gasteiger partial charge in [0.05, 0.1) is 12.2 Å². The molecule has 2 unspecified atom stereocenters. The fourth-order valence-corrected chi connectivity index (χ4v) is 1.78. The largest absolute Gasteiger partial charge is 0.393 e. The zero-order chi connectivity index (χ0) is 9.68. The lowest BCUT2D eigenvalue weighted by atomic mass is 10.00. The summed E-state index contributed by atoms with van der Waals surface area (Å²) in [6.07, 6.45) is 5.01. The van der Waals surface area contributed by atoms with Gasteiger partial charge in [-0.3, -0.25) is 0 Å². The monoisotopic (exact) mass is 184 g/mol. The molecule has 0 aromatic carbocycles. The minimum Gasteiger partial charge on any atom is -0.393 e. The van der Waals surface area contributed by atoms with Gasteiger partial charge in [0, 0.05) is 6.61 Å². The Hall–Kier alpha value is -0.340. The van der Waals surface area contributed by atoms with Crippen LogP contribution in [0.1, 0.15) is 39.0 Å². The van der Waals surface area contributed by atoms with Crippen LogP contribution in [-0.2, 0) is 4.74 Å². The van der Waals surface area contributed by atoms with Gasteiger partial charge in [-0.1, -0.05) is 5.57 Å². The third kappa shape index (κ3) is 4.44. The summed E-state index contributed by atoms with van der Waals surface area (Å²) >= 11 is 0. The number of hydrogen-bond acceptors (Lipinski definition) is 2. The Labute approximate surface area is 80.6 Å². The molecule has 1 heterocycles. The molecule has 1 fully saturated rings. The minimum atomic E-state index is -0.263. The van der Waals surface area contributed by atoms with E-state index >= 15 is 0 Å². The molecule has 0 amide bonds. The second kappa shape index (κ2) is 5.40. The molecule has 1 aliphatic rings. The fraction of sp³-hybridized carbons (Fsp3) is 0.818. The molecular weight excluding hydrogens is 164 g/mol. The van der Waals surface area contributed by atoms with Crippen LogP contribution in [0.3, 0.4) is 0 Å². The Balaban J connectivity index is 2.18. The van der Waals surface area contributed by atoms with Crippen molar-refractivity contribution < 1.29 is 9.84 Å².